The van der Waals surface area contributed by atoms with Crippen LogP contribution in [0.2, 0.25) is 0 Å². The summed E-state index contributed by atoms with van der Waals surface area (Å²) in [6.07, 6.45) is 2.53. The highest BCUT2D eigenvalue weighted by molar-refractivity contribution is 6.04. The molecule has 0 atom stereocenters. The van der Waals surface area contributed by atoms with Crippen molar-refractivity contribution in [3.8, 4) is 0 Å². The Morgan fingerprint density at radius 2 is 1.43 bits per heavy atom. The van der Waals surface area contributed by atoms with E-state index in [9.17, 15) is 9.18 Å². The predicted molar refractivity (Wildman–Crippen MR) is 112 cm³/mol. The number of hydrogen-bond donors (Lipinski definition) is 2. The first-order valence-electron chi connectivity index (χ1n) is 9.46. The van der Waals surface area contributed by atoms with Crippen LogP contribution >= 0.6 is 0 Å². The lowest BCUT2D eigenvalue weighted by Crippen LogP contribution is -2.17. The van der Waals surface area contributed by atoms with E-state index in [0.29, 0.717) is 11.3 Å². The minimum Gasteiger partial charge on any atom is -0.372 e. The lowest BCUT2D eigenvalue weighted by molar-refractivity contribution is 0.102. The van der Waals surface area contributed by atoms with Gasteiger partial charge in [0.05, 0.1) is 0 Å². The fourth-order valence-electron chi connectivity index (χ4n) is 3.37. The van der Waals surface area contributed by atoms with Crippen LogP contribution in [0.25, 0.3) is 0 Å². The molecule has 4 rings (SSSR count). The molecule has 0 aromatic heterocycles. The third-order valence-corrected chi connectivity index (χ3v) is 4.86. The molecule has 1 heterocycles. The zero-order chi connectivity index (χ0) is 19.3. The molecule has 142 valence electrons. The highest BCUT2D eigenvalue weighted by Gasteiger charge is 2.11. The van der Waals surface area contributed by atoms with Crippen molar-refractivity contribution in [1.29, 1.82) is 0 Å². The van der Waals surface area contributed by atoms with E-state index in [4.69, 9.17) is 0 Å². The van der Waals surface area contributed by atoms with Gasteiger partial charge in [-0.25, -0.2) is 4.39 Å². The summed E-state index contributed by atoms with van der Waals surface area (Å²) in [4.78, 5) is 14.6. The van der Waals surface area contributed by atoms with Gasteiger partial charge in [0.1, 0.15) is 5.82 Å². The van der Waals surface area contributed by atoms with Crippen LogP contribution in [0.3, 0.4) is 0 Å². The van der Waals surface area contributed by atoms with Crippen LogP contribution in [0, 0.1) is 5.82 Å². The number of carbonyl (C=O) groups excluding carboxylic acids is 1. The molecule has 1 saturated heterocycles. The van der Waals surface area contributed by atoms with Gasteiger partial charge in [-0.1, -0.05) is 6.07 Å². The third-order valence-electron chi connectivity index (χ3n) is 4.86. The molecule has 0 unspecified atom stereocenters. The first-order valence-corrected chi connectivity index (χ1v) is 9.46. The molecule has 1 aliphatic heterocycles. The number of hydrogen-bond acceptors (Lipinski definition) is 3. The van der Waals surface area contributed by atoms with Crippen LogP contribution in [-0.2, 0) is 0 Å². The van der Waals surface area contributed by atoms with Crippen molar-refractivity contribution >= 4 is 28.7 Å². The lowest BCUT2D eigenvalue weighted by Gasteiger charge is -2.18. The summed E-state index contributed by atoms with van der Waals surface area (Å²) in [5, 5.41) is 6.14. The Labute approximate surface area is 164 Å². The van der Waals surface area contributed by atoms with Crippen LogP contribution in [-0.4, -0.2) is 19.0 Å². The van der Waals surface area contributed by atoms with Gasteiger partial charge < -0.3 is 15.5 Å². The maximum absolute atomic E-state index is 13.2. The number of carbonyl (C=O) groups is 1. The minimum absolute atomic E-state index is 0.292. The molecule has 3 aromatic rings. The summed E-state index contributed by atoms with van der Waals surface area (Å²) >= 11 is 0. The molecule has 0 saturated carbocycles. The van der Waals surface area contributed by atoms with Gasteiger partial charge in [0.2, 0.25) is 0 Å². The standard InChI is InChI=1S/C23H22FN3O/c24-18-5-3-4-17(16-18)23(28)26-21-8-6-19(7-9-21)25-20-10-12-22(13-11-20)27-14-1-2-15-27/h3-13,16,25H,1-2,14-15H2,(H,26,28). The second kappa shape index (κ2) is 8.13. The van der Waals surface area contributed by atoms with Crippen molar-refractivity contribution in [3.63, 3.8) is 0 Å². The average Bonchev–Trinajstić information content (AvgIpc) is 3.25. The van der Waals surface area contributed by atoms with Crippen molar-refractivity contribution < 1.29 is 9.18 Å². The van der Waals surface area contributed by atoms with Gasteiger partial charge in [-0.15, -0.1) is 0 Å². The highest BCUT2D eigenvalue weighted by Crippen LogP contribution is 2.24. The molecule has 28 heavy (non-hydrogen) atoms. The Bertz CT molecular complexity index is 948. The Morgan fingerprint density at radius 3 is 2.07 bits per heavy atom. The van der Waals surface area contributed by atoms with Crippen LogP contribution < -0.4 is 15.5 Å². The Kier molecular flexibility index (Phi) is 5.24. The molecule has 5 heteroatoms. The van der Waals surface area contributed by atoms with Gasteiger partial charge in [-0.05, 0) is 79.6 Å². The van der Waals surface area contributed by atoms with Crippen LogP contribution in [0.15, 0.2) is 72.8 Å². The number of halogens is 1. The van der Waals surface area contributed by atoms with Crippen LogP contribution in [0.4, 0.5) is 27.1 Å². The van der Waals surface area contributed by atoms with E-state index in [2.05, 4.69) is 39.8 Å². The second-order valence-electron chi connectivity index (χ2n) is 6.91. The van der Waals surface area contributed by atoms with E-state index in [1.54, 1.807) is 6.07 Å². The lowest BCUT2D eigenvalue weighted by atomic mass is 10.2. The van der Waals surface area contributed by atoms with E-state index in [0.717, 1.165) is 24.5 Å². The van der Waals surface area contributed by atoms with Gasteiger partial charge in [0.15, 0.2) is 0 Å². The molecule has 1 fully saturated rings. The van der Waals surface area contributed by atoms with E-state index in [1.807, 2.05) is 24.3 Å². The van der Waals surface area contributed by atoms with Crippen molar-refractivity contribution in [3.05, 3.63) is 84.2 Å². The van der Waals surface area contributed by atoms with Crippen molar-refractivity contribution in [2.24, 2.45) is 0 Å². The fourth-order valence-corrected chi connectivity index (χ4v) is 3.37. The number of rotatable bonds is 5. The molecule has 1 amide bonds. The zero-order valence-corrected chi connectivity index (χ0v) is 15.5. The van der Waals surface area contributed by atoms with E-state index in [-0.39, 0.29) is 5.91 Å². The molecule has 1 aliphatic rings. The number of nitrogens with one attached hydrogen (secondary N) is 2. The Morgan fingerprint density at radius 1 is 0.821 bits per heavy atom. The Balaban J connectivity index is 1.37. The number of anilines is 4. The zero-order valence-electron chi connectivity index (χ0n) is 15.5. The first kappa shape index (κ1) is 18.0. The maximum Gasteiger partial charge on any atom is 0.255 e. The largest absolute Gasteiger partial charge is 0.372 e. The summed E-state index contributed by atoms with van der Waals surface area (Å²) in [5.41, 5.74) is 4.15. The summed E-state index contributed by atoms with van der Waals surface area (Å²) in [6.45, 7) is 2.27. The molecule has 0 radical (unpaired) electrons. The molecule has 0 aliphatic carbocycles. The number of amides is 1. The van der Waals surface area contributed by atoms with Gasteiger partial charge in [0, 0.05) is 41.4 Å². The molecule has 2 N–H and O–H groups in total. The smallest absolute Gasteiger partial charge is 0.255 e. The topological polar surface area (TPSA) is 44.4 Å². The van der Waals surface area contributed by atoms with E-state index in [1.165, 1.54) is 36.7 Å². The first-order chi connectivity index (χ1) is 13.7. The van der Waals surface area contributed by atoms with Gasteiger partial charge in [0.25, 0.3) is 5.91 Å². The normalized spacial score (nSPS) is 13.4. The molecule has 0 bridgehead atoms. The predicted octanol–water partition coefficient (Wildman–Crippen LogP) is 5.42. The molecule has 4 nitrogen and oxygen atoms in total. The summed E-state index contributed by atoms with van der Waals surface area (Å²) < 4.78 is 13.2. The number of nitrogens with zero attached hydrogens (tertiary/aromatic N) is 1. The van der Waals surface area contributed by atoms with Crippen molar-refractivity contribution in [2.75, 3.05) is 28.6 Å². The molecular formula is C23H22FN3O. The van der Waals surface area contributed by atoms with Gasteiger partial charge >= 0.3 is 0 Å². The monoisotopic (exact) mass is 375 g/mol. The molecular weight excluding hydrogens is 353 g/mol. The average molecular weight is 375 g/mol. The third kappa shape index (κ3) is 4.31. The molecule has 3 aromatic carbocycles. The maximum atomic E-state index is 13.2. The molecule has 0 spiro atoms. The van der Waals surface area contributed by atoms with E-state index < -0.39 is 5.82 Å². The van der Waals surface area contributed by atoms with Crippen molar-refractivity contribution in [2.45, 2.75) is 12.8 Å². The highest BCUT2D eigenvalue weighted by atomic mass is 19.1. The van der Waals surface area contributed by atoms with Crippen molar-refractivity contribution in [1.82, 2.24) is 0 Å². The van der Waals surface area contributed by atoms with Crippen LogP contribution in [0.1, 0.15) is 23.2 Å². The van der Waals surface area contributed by atoms with Crippen LogP contribution in [0.5, 0.6) is 0 Å². The number of benzene rings is 3. The van der Waals surface area contributed by atoms with Gasteiger partial charge in [-0.3, -0.25) is 4.79 Å². The SMILES string of the molecule is O=C(Nc1ccc(Nc2ccc(N3CCCC3)cc2)cc1)c1cccc(F)c1. The quantitative estimate of drug-likeness (QED) is 0.626. The van der Waals surface area contributed by atoms with Gasteiger partial charge in [-0.2, -0.15) is 0 Å². The second-order valence-corrected chi connectivity index (χ2v) is 6.91. The minimum atomic E-state index is -0.428. The Hall–Kier alpha value is -3.34. The fraction of sp³-hybridized carbons (Fsp3) is 0.174. The van der Waals surface area contributed by atoms with E-state index >= 15 is 0 Å². The summed E-state index contributed by atoms with van der Waals surface area (Å²) in [5.74, 6) is -0.763. The summed E-state index contributed by atoms with van der Waals surface area (Å²) in [7, 11) is 0. The summed E-state index contributed by atoms with van der Waals surface area (Å²) in [6, 6.07) is 21.5.